The molecule has 3 fully saturated rings. The van der Waals surface area contributed by atoms with E-state index in [4.69, 9.17) is 4.74 Å². The molecular formula is C18H28N2O4. The first-order valence-electron chi connectivity index (χ1n) is 8.82. The summed E-state index contributed by atoms with van der Waals surface area (Å²) in [5.41, 5.74) is -2.04. The quantitative estimate of drug-likeness (QED) is 0.792. The zero-order valence-electron chi connectivity index (χ0n) is 15.1. The highest BCUT2D eigenvalue weighted by molar-refractivity contribution is 6.04. The maximum Gasteiger partial charge on any atom is 0.234 e. The number of hydrogen-bond donors (Lipinski definition) is 1. The third-order valence-corrected chi connectivity index (χ3v) is 6.05. The number of hydrogen-bond acceptors (Lipinski definition) is 4. The van der Waals surface area contributed by atoms with E-state index >= 15 is 0 Å². The number of likely N-dealkylation sites (tertiary alicyclic amines) is 1. The summed E-state index contributed by atoms with van der Waals surface area (Å²) in [5.74, 6) is -0.397. The molecule has 2 aliphatic heterocycles. The van der Waals surface area contributed by atoms with E-state index in [1.807, 2.05) is 20.8 Å². The Morgan fingerprint density at radius 3 is 2.25 bits per heavy atom. The Bertz CT molecular complexity index is 554. The van der Waals surface area contributed by atoms with Crippen LogP contribution >= 0.6 is 0 Å². The minimum absolute atomic E-state index is 0.0692. The van der Waals surface area contributed by atoms with Crippen LogP contribution in [0.25, 0.3) is 0 Å². The van der Waals surface area contributed by atoms with Gasteiger partial charge in [-0.3, -0.25) is 19.3 Å². The number of nitrogens with zero attached hydrogens (tertiary/aromatic N) is 1. The van der Waals surface area contributed by atoms with E-state index in [1.165, 1.54) is 4.90 Å². The van der Waals surface area contributed by atoms with Gasteiger partial charge in [-0.15, -0.1) is 0 Å². The molecule has 1 saturated carbocycles. The van der Waals surface area contributed by atoms with E-state index in [0.29, 0.717) is 25.8 Å². The van der Waals surface area contributed by atoms with Crippen LogP contribution in [0.4, 0.5) is 0 Å². The van der Waals surface area contributed by atoms with Crippen LogP contribution in [0, 0.1) is 16.2 Å². The van der Waals surface area contributed by atoms with Gasteiger partial charge in [0.2, 0.25) is 17.7 Å². The lowest BCUT2D eigenvalue weighted by atomic mass is 9.51. The van der Waals surface area contributed by atoms with Gasteiger partial charge in [-0.05, 0) is 32.1 Å². The van der Waals surface area contributed by atoms with Gasteiger partial charge in [-0.25, -0.2) is 0 Å². The maximum atomic E-state index is 12.9. The third-order valence-electron chi connectivity index (χ3n) is 6.05. The van der Waals surface area contributed by atoms with E-state index in [0.717, 1.165) is 19.4 Å². The lowest BCUT2D eigenvalue weighted by Gasteiger charge is -2.55. The van der Waals surface area contributed by atoms with E-state index < -0.39 is 16.2 Å². The topological polar surface area (TPSA) is 75.7 Å². The first-order chi connectivity index (χ1) is 11.1. The number of amides is 3. The first-order valence-corrected chi connectivity index (χ1v) is 8.82. The highest BCUT2D eigenvalue weighted by atomic mass is 16.5. The summed E-state index contributed by atoms with van der Waals surface area (Å²) in [7, 11) is 1.56. The van der Waals surface area contributed by atoms with Crippen LogP contribution in [-0.2, 0) is 19.1 Å². The lowest BCUT2D eigenvalue weighted by molar-refractivity contribution is -0.178. The van der Waals surface area contributed by atoms with Gasteiger partial charge < -0.3 is 10.1 Å². The Morgan fingerprint density at radius 2 is 1.75 bits per heavy atom. The SMILES string of the molecule is CN1C(=O)C2(C)CC(C)(C(=O)NCC3CCCO3)CC(C)(C2)C1=O. The number of nitrogens with one attached hydrogen (secondary N) is 1. The predicted molar refractivity (Wildman–Crippen MR) is 87.9 cm³/mol. The molecule has 134 valence electrons. The molecule has 3 unspecified atom stereocenters. The van der Waals surface area contributed by atoms with Crippen LogP contribution in [0.2, 0.25) is 0 Å². The Hall–Kier alpha value is -1.43. The summed E-state index contributed by atoms with van der Waals surface area (Å²) >= 11 is 0. The van der Waals surface area contributed by atoms with Crippen LogP contribution in [0.1, 0.15) is 52.9 Å². The second kappa shape index (κ2) is 5.55. The van der Waals surface area contributed by atoms with Gasteiger partial charge in [0.25, 0.3) is 0 Å². The first kappa shape index (κ1) is 17.4. The summed E-state index contributed by atoms with van der Waals surface area (Å²) < 4.78 is 5.56. The summed E-state index contributed by atoms with van der Waals surface area (Å²) in [6, 6.07) is 0. The van der Waals surface area contributed by atoms with Crippen molar-refractivity contribution in [2.75, 3.05) is 20.2 Å². The van der Waals surface area contributed by atoms with Crippen molar-refractivity contribution in [2.24, 2.45) is 16.2 Å². The van der Waals surface area contributed by atoms with Crippen LogP contribution < -0.4 is 5.32 Å². The maximum absolute atomic E-state index is 12.9. The molecule has 2 heterocycles. The molecular weight excluding hydrogens is 308 g/mol. The van der Waals surface area contributed by atoms with E-state index in [9.17, 15) is 14.4 Å². The predicted octanol–water partition coefficient (Wildman–Crippen LogP) is 1.48. The van der Waals surface area contributed by atoms with Crippen LogP contribution in [0.3, 0.4) is 0 Å². The zero-order valence-corrected chi connectivity index (χ0v) is 15.1. The summed E-state index contributed by atoms with van der Waals surface area (Å²) in [5, 5.41) is 3.00. The van der Waals surface area contributed by atoms with Gasteiger partial charge in [-0.2, -0.15) is 0 Å². The molecule has 0 aromatic heterocycles. The molecule has 1 aliphatic carbocycles. The molecule has 2 bridgehead atoms. The molecule has 1 N–H and O–H groups in total. The minimum atomic E-state index is -0.715. The highest BCUT2D eigenvalue weighted by Crippen LogP contribution is 2.58. The molecule has 0 spiro atoms. The Kier molecular flexibility index (Phi) is 4.02. The fourth-order valence-electron chi connectivity index (χ4n) is 5.36. The van der Waals surface area contributed by atoms with Crippen molar-refractivity contribution in [3.8, 4) is 0 Å². The normalized spacial score (nSPS) is 42.3. The average molecular weight is 336 g/mol. The van der Waals surface area contributed by atoms with Crippen LogP contribution in [0.15, 0.2) is 0 Å². The number of carbonyl (C=O) groups excluding carboxylic acids is 3. The number of imide groups is 1. The Morgan fingerprint density at radius 1 is 1.17 bits per heavy atom. The molecule has 0 radical (unpaired) electrons. The van der Waals surface area contributed by atoms with Crippen LogP contribution in [0.5, 0.6) is 0 Å². The van der Waals surface area contributed by atoms with Gasteiger partial charge in [0, 0.05) is 36.4 Å². The molecule has 3 rings (SSSR count). The monoisotopic (exact) mass is 336 g/mol. The molecule has 2 saturated heterocycles. The summed E-state index contributed by atoms with van der Waals surface area (Å²) in [6.07, 6.45) is 3.56. The molecule has 3 atom stereocenters. The molecule has 24 heavy (non-hydrogen) atoms. The average Bonchev–Trinajstić information content (AvgIpc) is 3.01. The van der Waals surface area contributed by atoms with Gasteiger partial charge >= 0.3 is 0 Å². The van der Waals surface area contributed by atoms with Gasteiger partial charge in [0.1, 0.15) is 0 Å². The number of rotatable bonds is 3. The number of carbonyl (C=O) groups is 3. The lowest BCUT2D eigenvalue weighted by Crippen LogP contribution is -2.64. The third kappa shape index (κ3) is 2.65. The van der Waals surface area contributed by atoms with Crippen molar-refractivity contribution in [3.05, 3.63) is 0 Å². The van der Waals surface area contributed by atoms with Gasteiger partial charge in [0.05, 0.1) is 6.10 Å². The second-order valence-electron chi connectivity index (χ2n) is 8.73. The number of piperidine rings is 1. The molecule has 0 aromatic rings. The number of ether oxygens (including phenoxy) is 1. The van der Waals surface area contributed by atoms with Crippen molar-refractivity contribution in [3.63, 3.8) is 0 Å². The second-order valence-corrected chi connectivity index (χ2v) is 8.73. The van der Waals surface area contributed by atoms with Crippen molar-refractivity contribution in [2.45, 2.75) is 59.0 Å². The molecule has 3 amide bonds. The largest absolute Gasteiger partial charge is 0.376 e. The fraction of sp³-hybridized carbons (Fsp3) is 0.833. The van der Waals surface area contributed by atoms with Gasteiger partial charge in [-0.1, -0.05) is 20.8 Å². The molecule has 0 aromatic carbocycles. The van der Waals surface area contributed by atoms with Crippen molar-refractivity contribution < 1.29 is 19.1 Å². The fourth-order valence-corrected chi connectivity index (χ4v) is 5.36. The van der Waals surface area contributed by atoms with E-state index in [2.05, 4.69) is 5.32 Å². The van der Waals surface area contributed by atoms with E-state index in [1.54, 1.807) is 7.05 Å². The van der Waals surface area contributed by atoms with Gasteiger partial charge in [0.15, 0.2) is 0 Å². The summed E-state index contributed by atoms with van der Waals surface area (Å²) in [6.45, 7) is 6.93. The van der Waals surface area contributed by atoms with Crippen molar-refractivity contribution in [1.29, 1.82) is 0 Å². The van der Waals surface area contributed by atoms with E-state index in [-0.39, 0.29) is 23.8 Å². The molecule has 6 nitrogen and oxygen atoms in total. The Balaban J connectivity index is 1.79. The minimum Gasteiger partial charge on any atom is -0.376 e. The Labute approximate surface area is 143 Å². The number of fused-ring (bicyclic) bond motifs is 2. The zero-order chi connectivity index (χ0) is 17.8. The molecule has 6 heteroatoms. The van der Waals surface area contributed by atoms with Crippen LogP contribution in [-0.4, -0.2) is 48.9 Å². The smallest absolute Gasteiger partial charge is 0.234 e. The van der Waals surface area contributed by atoms with Crippen molar-refractivity contribution >= 4 is 17.7 Å². The molecule has 3 aliphatic rings. The van der Waals surface area contributed by atoms with Crippen molar-refractivity contribution in [1.82, 2.24) is 10.2 Å². The highest BCUT2D eigenvalue weighted by Gasteiger charge is 2.62. The standard InChI is InChI=1S/C18H28N2O4/c1-16(13(21)19-8-12-6-5-7-24-12)9-17(2)11-18(3,10-16)15(23)20(4)14(17)22/h12H,5-11H2,1-4H3,(H,19,21). The summed E-state index contributed by atoms with van der Waals surface area (Å²) in [4.78, 5) is 39.4.